The van der Waals surface area contributed by atoms with Crippen molar-refractivity contribution in [2.75, 3.05) is 27.8 Å². The van der Waals surface area contributed by atoms with Crippen LogP contribution in [0.1, 0.15) is 16.2 Å². The zero-order valence-electron chi connectivity index (χ0n) is 13.9. The Kier molecular flexibility index (Phi) is 6.24. The first kappa shape index (κ1) is 18.6. The number of methoxy groups -OCH3 is 2. The number of esters is 1. The number of nitrogens with zero attached hydrogens (tertiary/aromatic N) is 2. The molecule has 0 atom stereocenters. The molecule has 1 aromatic carbocycles. The van der Waals surface area contributed by atoms with Gasteiger partial charge in [-0.1, -0.05) is 16.8 Å². The maximum absolute atomic E-state index is 12.1. The zero-order valence-corrected chi connectivity index (χ0v) is 14.7. The average Bonchev–Trinajstić information content (AvgIpc) is 3.08. The van der Waals surface area contributed by atoms with Crippen LogP contribution in [0.15, 0.2) is 28.8 Å². The predicted molar refractivity (Wildman–Crippen MR) is 87.8 cm³/mol. The fraction of sp³-hybridized carbons (Fsp3) is 0.312. The number of halogens is 1. The molecule has 0 bridgehead atoms. The molecule has 0 radical (unpaired) electrons. The van der Waals surface area contributed by atoms with Gasteiger partial charge in [0, 0.05) is 19.2 Å². The first-order valence-electron chi connectivity index (χ1n) is 7.18. The smallest absolute Gasteiger partial charge is 0.325 e. The molecule has 0 N–H and O–H groups in total. The molecule has 25 heavy (non-hydrogen) atoms. The molecule has 9 heteroatoms. The van der Waals surface area contributed by atoms with Gasteiger partial charge in [0.2, 0.25) is 0 Å². The van der Waals surface area contributed by atoms with Crippen molar-refractivity contribution in [3.63, 3.8) is 0 Å². The molecule has 0 saturated heterocycles. The first-order chi connectivity index (χ1) is 11.9. The van der Waals surface area contributed by atoms with Gasteiger partial charge in [-0.25, -0.2) is 0 Å². The topological polar surface area (TPSA) is 91.1 Å². The lowest BCUT2D eigenvalue weighted by atomic mass is 10.3. The van der Waals surface area contributed by atoms with E-state index >= 15 is 0 Å². The third-order valence-corrected chi connectivity index (χ3v) is 3.52. The highest BCUT2D eigenvalue weighted by Crippen LogP contribution is 2.29. The Hall–Kier alpha value is -2.74. The molecule has 0 unspecified atom stereocenters. The van der Waals surface area contributed by atoms with Gasteiger partial charge in [-0.05, 0) is 12.1 Å². The van der Waals surface area contributed by atoms with Crippen LogP contribution in [0, 0.1) is 0 Å². The number of rotatable bonds is 7. The quantitative estimate of drug-likeness (QED) is 0.691. The molecule has 1 heterocycles. The maximum atomic E-state index is 12.1. The fourth-order valence-corrected chi connectivity index (χ4v) is 2.11. The summed E-state index contributed by atoms with van der Waals surface area (Å²) in [4.78, 5) is 24.5. The summed E-state index contributed by atoms with van der Waals surface area (Å²) in [5, 5.41) is 4.06. The number of amides is 1. The normalized spacial score (nSPS) is 10.2. The Morgan fingerprint density at radius 1 is 1.28 bits per heavy atom. The van der Waals surface area contributed by atoms with Gasteiger partial charge in [0.15, 0.2) is 11.5 Å². The minimum atomic E-state index is -0.531. The van der Waals surface area contributed by atoms with E-state index in [0.717, 1.165) is 0 Å². The third kappa shape index (κ3) is 4.87. The summed E-state index contributed by atoms with van der Waals surface area (Å²) >= 11 is 6.08. The summed E-state index contributed by atoms with van der Waals surface area (Å²) in [5.41, 5.74) is 0.0610. The van der Waals surface area contributed by atoms with Crippen LogP contribution in [0.3, 0.4) is 0 Å². The molecule has 0 fully saturated rings. The van der Waals surface area contributed by atoms with E-state index in [9.17, 15) is 9.59 Å². The molecule has 2 aromatic rings. The summed E-state index contributed by atoms with van der Waals surface area (Å²) < 4.78 is 20.2. The van der Waals surface area contributed by atoms with Gasteiger partial charge >= 0.3 is 5.97 Å². The van der Waals surface area contributed by atoms with E-state index in [4.69, 9.17) is 25.6 Å². The number of hydrogen-bond donors (Lipinski definition) is 0. The van der Waals surface area contributed by atoms with Gasteiger partial charge in [0.25, 0.3) is 5.91 Å². The number of likely N-dealkylation sites (N-methyl/N-ethyl adjacent to an activating group) is 1. The Labute approximate surface area is 149 Å². The maximum Gasteiger partial charge on any atom is 0.325 e. The van der Waals surface area contributed by atoms with Crippen molar-refractivity contribution >= 4 is 23.5 Å². The van der Waals surface area contributed by atoms with Crippen molar-refractivity contribution in [2.24, 2.45) is 0 Å². The van der Waals surface area contributed by atoms with Crippen LogP contribution in [0.5, 0.6) is 11.5 Å². The summed E-state index contributed by atoms with van der Waals surface area (Å²) in [6.07, 6.45) is 0. The van der Waals surface area contributed by atoms with Gasteiger partial charge in [-0.15, -0.1) is 0 Å². The third-order valence-electron chi connectivity index (χ3n) is 3.23. The van der Waals surface area contributed by atoms with Crippen LogP contribution in [-0.4, -0.2) is 49.7 Å². The fourth-order valence-electron chi connectivity index (χ4n) is 1.88. The molecule has 0 spiro atoms. The lowest BCUT2D eigenvalue weighted by Gasteiger charge is -2.13. The highest BCUT2D eigenvalue weighted by Gasteiger charge is 2.19. The van der Waals surface area contributed by atoms with E-state index in [-0.39, 0.29) is 18.8 Å². The van der Waals surface area contributed by atoms with E-state index in [1.54, 1.807) is 18.2 Å². The molecule has 2 rings (SSSR count). The molecule has 134 valence electrons. The average molecular weight is 369 g/mol. The van der Waals surface area contributed by atoms with Crippen LogP contribution in [0.25, 0.3) is 0 Å². The van der Waals surface area contributed by atoms with Crippen LogP contribution in [0.4, 0.5) is 0 Å². The monoisotopic (exact) mass is 368 g/mol. The summed E-state index contributed by atoms with van der Waals surface area (Å²) in [7, 11) is 4.24. The van der Waals surface area contributed by atoms with Crippen molar-refractivity contribution in [1.29, 1.82) is 0 Å². The highest BCUT2D eigenvalue weighted by molar-refractivity contribution is 6.32. The largest absolute Gasteiger partial charge is 0.497 e. The molecule has 1 amide bonds. The van der Waals surface area contributed by atoms with Crippen molar-refractivity contribution in [3.05, 3.63) is 40.7 Å². The first-order valence-corrected chi connectivity index (χ1v) is 7.56. The van der Waals surface area contributed by atoms with Crippen LogP contribution in [-0.2, 0) is 16.1 Å². The summed E-state index contributed by atoms with van der Waals surface area (Å²) in [5.74, 6) is 0.384. The summed E-state index contributed by atoms with van der Waals surface area (Å²) in [6.45, 7) is -0.150. The predicted octanol–water partition coefficient (Wildman–Crippen LogP) is 2.16. The van der Waals surface area contributed by atoms with Gasteiger partial charge in [-0.3, -0.25) is 9.59 Å². The molecule has 0 aliphatic rings. The van der Waals surface area contributed by atoms with Crippen LogP contribution >= 0.6 is 11.6 Å². The zero-order chi connectivity index (χ0) is 18.4. The number of benzene rings is 1. The molecule has 0 saturated carbocycles. The van der Waals surface area contributed by atoms with Crippen molar-refractivity contribution < 1.29 is 28.3 Å². The Morgan fingerprint density at radius 3 is 2.68 bits per heavy atom. The second-order valence-electron chi connectivity index (χ2n) is 5.00. The molecule has 1 aromatic heterocycles. The SMILES string of the molecule is COC(=O)CN(C)C(=O)c1cc(COc2ccc(OC)cc2Cl)on1. The lowest BCUT2D eigenvalue weighted by molar-refractivity contribution is -0.141. The molecule has 8 nitrogen and oxygen atoms in total. The number of hydrogen-bond acceptors (Lipinski definition) is 7. The molecular formula is C16H17ClN2O6. The van der Waals surface area contributed by atoms with Gasteiger partial charge < -0.3 is 23.6 Å². The second-order valence-corrected chi connectivity index (χ2v) is 5.41. The van der Waals surface area contributed by atoms with Crippen LogP contribution < -0.4 is 9.47 Å². The van der Waals surface area contributed by atoms with Gasteiger partial charge in [0.05, 0.1) is 19.2 Å². The van der Waals surface area contributed by atoms with Crippen molar-refractivity contribution in [3.8, 4) is 11.5 Å². The van der Waals surface area contributed by atoms with E-state index in [1.165, 1.54) is 32.2 Å². The number of aromatic nitrogens is 1. The van der Waals surface area contributed by atoms with E-state index in [1.807, 2.05) is 0 Å². The highest BCUT2D eigenvalue weighted by atomic mass is 35.5. The number of ether oxygens (including phenoxy) is 3. The Bertz CT molecular complexity index is 761. The van der Waals surface area contributed by atoms with E-state index < -0.39 is 11.9 Å². The number of carbonyl (C=O) groups is 2. The van der Waals surface area contributed by atoms with E-state index in [0.29, 0.717) is 22.3 Å². The standard InChI is InChI=1S/C16H17ClN2O6/c1-19(8-15(20)23-3)16(21)13-7-11(25-18-13)9-24-14-5-4-10(22-2)6-12(14)17/h4-7H,8-9H2,1-3H3. The second kappa shape index (κ2) is 8.39. The Morgan fingerprint density at radius 2 is 2.04 bits per heavy atom. The molecular weight excluding hydrogens is 352 g/mol. The van der Waals surface area contributed by atoms with E-state index in [2.05, 4.69) is 9.89 Å². The number of carbonyl (C=O) groups excluding carboxylic acids is 2. The molecule has 0 aliphatic carbocycles. The minimum absolute atomic E-state index is 0.0348. The molecule has 0 aliphatic heterocycles. The Balaban J connectivity index is 1.97. The van der Waals surface area contributed by atoms with Gasteiger partial charge in [-0.2, -0.15) is 0 Å². The van der Waals surface area contributed by atoms with Crippen LogP contribution in [0.2, 0.25) is 5.02 Å². The van der Waals surface area contributed by atoms with Crippen molar-refractivity contribution in [1.82, 2.24) is 10.1 Å². The summed E-state index contributed by atoms with van der Waals surface area (Å²) in [6, 6.07) is 6.42. The van der Waals surface area contributed by atoms with Gasteiger partial charge in [0.1, 0.15) is 24.7 Å². The minimum Gasteiger partial charge on any atom is -0.497 e. The lowest BCUT2D eigenvalue weighted by Crippen LogP contribution is -2.32. The van der Waals surface area contributed by atoms with Crippen molar-refractivity contribution in [2.45, 2.75) is 6.61 Å².